The van der Waals surface area contributed by atoms with Gasteiger partial charge >= 0.3 is 0 Å². The van der Waals surface area contributed by atoms with Gasteiger partial charge < -0.3 is 21.3 Å². The summed E-state index contributed by atoms with van der Waals surface area (Å²) in [5.41, 5.74) is 7.07. The zero-order chi connectivity index (χ0) is 27.1. The first-order valence-corrected chi connectivity index (χ1v) is 14.1. The molecule has 8 heteroatoms. The predicted molar refractivity (Wildman–Crippen MR) is 146 cm³/mol. The molecule has 4 saturated carbocycles. The summed E-state index contributed by atoms with van der Waals surface area (Å²) in [7, 11) is 0. The second-order valence-electron chi connectivity index (χ2n) is 12.0. The number of carbonyl (C=O) groups is 2. The molecule has 4 aliphatic rings. The van der Waals surface area contributed by atoms with Gasteiger partial charge in [0, 0.05) is 0 Å². The van der Waals surface area contributed by atoms with Crippen molar-refractivity contribution in [3.05, 3.63) is 72.1 Å². The Labute approximate surface area is 228 Å². The number of aliphatic hydroxyl groups excluding tert-OH is 1. The summed E-state index contributed by atoms with van der Waals surface area (Å²) < 4.78 is 0. The van der Waals surface area contributed by atoms with Gasteiger partial charge in [-0.2, -0.15) is 0 Å². The fraction of sp³-hybridized carbons (Fsp3) is 0.484. The summed E-state index contributed by atoms with van der Waals surface area (Å²) in [4.78, 5) is 35.0. The Morgan fingerprint density at radius 2 is 1.56 bits per heavy atom. The highest BCUT2D eigenvalue weighted by atomic mass is 16.3. The van der Waals surface area contributed by atoms with Crippen LogP contribution in [-0.2, 0) is 11.2 Å². The number of nitrogens with zero attached hydrogens (tertiary/aromatic N) is 2. The molecule has 204 valence electrons. The molecule has 2 aromatic carbocycles. The third-order valence-electron chi connectivity index (χ3n) is 9.59. The first-order chi connectivity index (χ1) is 18.8. The van der Waals surface area contributed by atoms with Crippen molar-refractivity contribution >= 4 is 22.8 Å². The molecular formula is C31H36N4O4. The number of benzene rings is 2. The second kappa shape index (κ2) is 10.3. The van der Waals surface area contributed by atoms with E-state index in [1.807, 2.05) is 48.5 Å². The molecule has 8 nitrogen and oxygen atoms in total. The molecule has 3 atom stereocenters. The minimum Gasteiger partial charge on any atom is -0.391 e. The zero-order valence-electron chi connectivity index (χ0n) is 21.9. The molecule has 2 amide bonds. The number of hydrogen-bond acceptors (Lipinski definition) is 6. The van der Waals surface area contributed by atoms with E-state index in [4.69, 9.17) is 5.73 Å². The predicted octanol–water partition coefficient (Wildman–Crippen LogP) is 3.01. The van der Waals surface area contributed by atoms with Crippen molar-refractivity contribution in [1.29, 1.82) is 0 Å². The molecule has 1 aromatic heterocycles. The number of amides is 2. The van der Waals surface area contributed by atoms with Crippen molar-refractivity contribution in [1.82, 2.24) is 15.3 Å². The Morgan fingerprint density at radius 3 is 2.21 bits per heavy atom. The van der Waals surface area contributed by atoms with E-state index in [9.17, 15) is 19.8 Å². The minimum atomic E-state index is -1.22. The van der Waals surface area contributed by atoms with Crippen LogP contribution in [0.1, 0.15) is 54.6 Å². The molecule has 1 heterocycles. The maximum absolute atomic E-state index is 13.3. The van der Waals surface area contributed by atoms with Crippen LogP contribution in [0, 0.1) is 29.6 Å². The lowest BCUT2D eigenvalue weighted by atomic mass is 9.47. The van der Waals surface area contributed by atoms with Gasteiger partial charge in [-0.05, 0) is 86.3 Å². The maximum atomic E-state index is 13.3. The number of nitrogens with two attached hydrogens (primary N) is 1. The van der Waals surface area contributed by atoms with E-state index >= 15 is 0 Å². The van der Waals surface area contributed by atoms with Gasteiger partial charge in [0.2, 0.25) is 5.91 Å². The number of aromatic nitrogens is 2. The number of aliphatic hydroxyl groups is 2. The van der Waals surface area contributed by atoms with Crippen molar-refractivity contribution in [2.24, 2.45) is 35.3 Å². The molecule has 3 aromatic rings. The molecule has 39 heavy (non-hydrogen) atoms. The average Bonchev–Trinajstić information content (AvgIpc) is 2.93. The fourth-order valence-electron chi connectivity index (χ4n) is 7.91. The van der Waals surface area contributed by atoms with Crippen molar-refractivity contribution < 1.29 is 19.8 Å². The second-order valence-corrected chi connectivity index (χ2v) is 12.0. The summed E-state index contributed by atoms with van der Waals surface area (Å²) in [6, 6.07) is 16.1. The Kier molecular flexibility index (Phi) is 6.85. The molecular weight excluding hydrogens is 492 g/mol. The van der Waals surface area contributed by atoms with Gasteiger partial charge in [-0.25, -0.2) is 4.98 Å². The van der Waals surface area contributed by atoms with E-state index in [0.717, 1.165) is 31.2 Å². The summed E-state index contributed by atoms with van der Waals surface area (Å²) >= 11 is 0. The van der Waals surface area contributed by atoms with E-state index in [-0.39, 0.29) is 24.0 Å². The molecule has 0 unspecified atom stereocenters. The van der Waals surface area contributed by atoms with Crippen molar-refractivity contribution in [3.8, 4) is 0 Å². The number of nitrogens with one attached hydrogen (secondary N) is 1. The minimum absolute atomic E-state index is 0.0185. The number of fused-ring (bicyclic) bond motifs is 1. The fourth-order valence-corrected chi connectivity index (χ4v) is 7.91. The molecule has 5 N–H and O–H groups in total. The number of para-hydroxylation sites is 2. The maximum Gasteiger partial charge on any atom is 0.271 e. The molecule has 0 radical (unpaired) electrons. The van der Waals surface area contributed by atoms with Crippen molar-refractivity contribution in [3.63, 3.8) is 0 Å². The van der Waals surface area contributed by atoms with E-state index in [0.29, 0.717) is 29.3 Å². The normalized spacial score (nSPS) is 29.6. The number of primary amides is 1. The van der Waals surface area contributed by atoms with Gasteiger partial charge in [0.25, 0.3) is 5.91 Å². The third kappa shape index (κ3) is 4.92. The highest BCUT2D eigenvalue weighted by molar-refractivity contribution is 5.94. The molecule has 0 aliphatic heterocycles. The van der Waals surface area contributed by atoms with Crippen molar-refractivity contribution in [2.75, 3.05) is 0 Å². The monoisotopic (exact) mass is 528 g/mol. The Bertz CT molecular complexity index is 1330. The standard InChI is InChI=1S/C31H36N4O4/c32-29(37)23(31(39)21-11-19-10-20(13-21)14-22(31)12-19)16-28(36)26(15-18-6-2-1-3-7-18)35-30(38)27-17-33-24-8-4-5-9-25(24)34-27/h1-9,17,19-23,26,28,36,39H,10-16H2,(H2,32,37)(H,35,38)/t19?,20?,21?,22?,23-,26+,28+,31?/m1/s1. The lowest BCUT2D eigenvalue weighted by Gasteiger charge is -2.61. The molecule has 7 rings (SSSR count). The largest absolute Gasteiger partial charge is 0.391 e. The van der Waals surface area contributed by atoms with E-state index in [1.165, 1.54) is 12.6 Å². The number of hydrogen-bond donors (Lipinski definition) is 4. The van der Waals surface area contributed by atoms with Crippen LogP contribution in [0.15, 0.2) is 60.8 Å². The van der Waals surface area contributed by atoms with Gasteiger partial charge in [-0.15, -0.1) is 0 Å². The Balaban J connectivity index is 1.25. The van der Waals surface area contributed by atoms with E-state index in [1.54, 1.807) is 6.07 Å². The van der Waals surface area contributed by atoms with Crippen LogP contribution in [0.2, 0.25) is 0 Å². The number of rotatable bonds is 9. The van der Waals surface area contributed by atoms with Crippen LogP contribution in [-0.4, -0.2) is 49.7 Å². The molecule has 4 aliphatic carbocycles. The first-order valence-electron chi connectivity index (χ1n) is 14.1. The van der Waals surface area contributed by atoms with Gasteiger partial charge in [-0.3, -0.25) is 14.6 Å². The summed E-state index contributed by atoms with van der Waals surface area (Å²) in [5, 5.41) is 26.6. The topological polar surface area (TPSA) is 138 Å². The molecule has 0 saturated heterocycles. The highest BCUT2D eigenvalue weighted by Crippen LogP contribution is 2.60. The lowest BCUT2D eigenvalue weighted by Crippen LogP contribution is -2.64. The quantitative estimate of drug-likeness (QED) is 0.337. The van der Waals surface area contributed by atoms with Gasteiger partial charge in [0.1, 0.15) is 5.69 Å². The zero-order valence-corrected chi connectivity index (χ0v) is 21.9. The van der Waals surface area contributed by atoms with Crippen LogP contribution >= 0.6 is 0 Å². The smallest absolute Gasteiger partial charge is 0.271 e. The van der Waals surface area contributed by atoms with E-state index < -0.39 is 35.5 Å². The van der Waals surface area contributed by atoms with Crippen LogP contribution < -0.4 is 11.1 Å². The van der Waals surface area contributed by atoms with Crippen LogP contribution in [0.4, 0.5) is 0 Å². The van der Waals surface area contributed by atoms with Crippen LogP contribution in [0.3, 0.4) is 0 Å². The van der Waals surface area contributed by atoms with Crippen molar-refractivity contribution in [2.45, 2.75) is 62.7 Å². The summed E-state index contributed by atoms with van der Waals surface area (Å²) in [6.45, 7) is 0. The van der Waals surface area contributed by atoms with Gasteiger partial charge in [-0.1, -0.05) is 42.5 Å². The average molecular weight is 529 g/mol. The Morgan fingerprint density at radius 1 is 0.949 bits per heavy atom. The molecule has 4 fully saturated rings. The van der Waals surface area contributed by atoms with E-state index in [2.05, 4.69) is 15.3 Å². The van der Waals surface area contributed by atoms with Crippen LogP contribution in [0.25, 0.3) is 11.0 Å². The molecule has 0 spiro atoms. The SMILES string of the molecule is NC(=O)[C@@H](C[C@H](O)[C@H](Cc1ccccc1)NC(=O)c1cnc2ccccc2n1)C1(O)C2CC3CC(C2)CC1C3. The lowest BCUT2D eigenvalue weighted by molar-refractivity contribution is -0.206. The summed E-state index contributed by atoms with van der Waals surface area (Å²) in [5.74, 6) is -0.676. The third-order valence-corrected chi connectivity index (χ3v) is 9.59. The highest BCUT2D eigenvalue weighted by Gasteiger charge is 2.61. The first kappa shape index (κ1) is 25.9. The molecule has 4 bridgehead atoms. The van der Waals surface area contributed by atoms with Crippen LogP contribution in [0.5, 0.6) is 0 Å². The Hall–Kier alpha value is -3.36. The van der Waals surface area contributed by atoms with Gasteiger partial charge in [0.05, 0.1) is 40.9 Å². The summed E-state index contributed by atoms with van der Waals surface area (Å²) in [6.07, 6.45) is 5.50. The number of carbonyl (C=O) groups excluding carboxylic acids is 2. The van der Waals surface area contributed by atoms with Gasteiger partial charge in [0.15, 0.2) is 0 Å².